The first-order valence-corrected chi connectivity index (χ1v) is 11.3. The summed E-state index contributed by atoms with van der Waals surface area (Å²) in [4.78, 5) is 22.5. The van der Waals surface area contributed by atoms with Gasteiger partial charge in [0.25, 0.3) is 5.91 Å². The summed E-state index contributed by atoms with van der Waals surface area (Å²) in [7, 11) is 1.64. The van der Waals surface area contributed by atoms with E-state index in [0.29, 0.717) is 23.2 Å². The number of aliphatic imine (C=N–C) groups is 1. The highest BCUT2D eigenvalue weighted by atomic mass is 32.2. The number of anilines is 1. The van der Waals surface area contributed by atoms with Crippen LogP contribution in [0.25, 0.3) is 6.08 Å². The van der Waals surface area contributed by atoms with E-state index in [4.69, 9.17) is 9.73 Å². The summed E-state index contributed by atoms with van der Waals surface area (Å²) in [6.07, 6.45) is 5.81. The van der Waals surface area contributed by atoms with E-state index < -0.39 is 0 Å². The lowest BCUT2D eigenvalue weighted by Crippen LogP contribution is -2.32. The fourth-order valence-electron chi connectivity index (χ4n) is 3.67. The quantitative estimate of drug-likeness (QED) is 0.621. The van der Waals surface area contributed by atoms with Gasteiger partial charge in [-0.25, -0.2) is 4.99 Å². The molecule has 0 atom stereocenters. The van der Waals surface area contributed by atoms with Gasteiger partial charge in [-0.15, -0.1) is 0 Å². The van der Waals surface area contributed by atoms with E-state index in [-0.39, 0.29) is 5.91 Å². The Morgan fingerprint density at radius 1 is 1.03 bits per heavy atom. The molecule has 4 rings (SSSR count). The summed E-state index contributed by atoms with van der Waals surface area (Å²) >= 11 is 1.42. The van der Waals surface area contributed by atoms with Crippen molar-refractivity contribution in [3.05, 3.63) is 65.1 Å². The number of hydrogen-bond donors (Lipinski definition) is 0. The molecule has 0 spiro atoms. The average molecular weight is 422 g/mol. The fraction of sp³-hybridized carbons (Fsp3) is 0.333. The first-order valence-electron chi connectivity index (χ1n) is 10.4. The van der Waals surface area contributed by atoms with Crippen molar-refractivity contribution in [1.82, 2.24) is 4.90 Å². The van der Waals surface area contributed by atoms with Gasteiger partial charge in [-0.05, 0) is 66.9 Å². The molecular formula is C24H27N3O2S. The molecule has 2 heterocycles. The molecule has 0 aliphatic carbocycles. The molecule has 2 aliphatic rings. The number of nitrogens with zero attached hydrogens (tertiary/aromatic N) is 3. The van der Waals surface area contributed by atoms with E-state index >= 15 is 0 Å². The third kappa shape index (κ3) is 4.94. The SMILES string of the molecule is COCCN1C(=O)/C(=C/c2ccc(N3CCCCC3)cc2)SC1=Nc1ccccc1. The predicted octanol–water partition coefficient (Wildman–Crippen LogP) is 4.93. The minimum absolute atomic E-state index is 0.0214. The topological polar surface area (TPSA) is 45.1 Å². The summed E-state index contributed by atoms with van der Waals surface area (Å²) in [6.45, 7) is 3.21. The molecule has 0 saturated carbocycles. The molecule has 2 saturated heterocycles. The Morgan fingerprint density at radius 3 is 2.47 bits per heavy atom. The predicted molar refractivity (Wildman–Crippen MR) is 125 cm³/mol. The highest BCUT2D eigenvalue weighted by Gasteiger charge is 2.33. The van der Waals surface area contributed by atoms with Gasteiger partial charge < -0.3 is 9.64 Å². The lowest BCUT2D eigenvalue weighted by atomic mass is 10.1. The van der Waals surface area contributed by atoms with Gasteiger partial charge in [-0.1, -0.05) is 30.3 Å². The Hall–Kier alpha value is -2.57. The molecule has 0 N–H and O–H groups in total. The number of amides is 1. The summed E-state index contributed by atoms with van der Waals surface area (Å²) < 4.78 is 5.19. The number of rotatable bonds is 6. The van der Waals surface area contributed by atoms with E-state index in [1.165, 1.54) is 36.7 Å². The van der Waals surface area contributed by atoms with E-state index in [1.807, 2.05) is 36.4 Å². The van der Waals surface area contributed by atoms with Crippen LogP contribution in [-0.4, -0.2) is 49.3 Å². The molecule has 0 bridgehead atoms. The van der Waals surface area contributed by atoms with Gasteiger partial charge in [0.2, 0.25) is 0 Å². The Labute approximate surface area is 182 Å². The lowest BCUT2D eigenvalue weighted by Gasteiger charge is -2.28. The summed E-state index contributed by atoms with van der Waals surface area (Å²) in [6, 6.07) is 18.2. The van der Waals surface area contributed by atoms with Crippen LogP contribution < -0.4 is 4.90 Å². The normalized spacial score (nSPS) is 19.8. The molecule has 0 unspecified atom stereocenters. The number of carbonyl (C=O) groups excluding carboxylic acids is 1. The number of carbonyl (C=O) groups is 1. The maximum absolute atomic E-state index is 13.0. The molecule has 30 heavy (non-hydrogen) atoms. The molecule has 2 aromatic carbocycles. The maximum Gasteiger partial charge on any atom is 0.266 e. The van der Waals surface area contributed by atoms with Crippen LogP contribution in [0.2, 0.25) is 0 Å². The minimum atomic E-state index is -0.0214. The third-order valence-electron chi connectivity index (χ3n) is 5.30. The summed E-state index contributed by atoms with van der Waals surface area (Å²) in [5.41, 5.74) is 3.12. The zero-order chi connectivity index (χ0) is 20.8. The van der Waals surface area contributed by atoms with Crippen molar-refractivity contribution in [3.63, 3.8) is 0 Å². The number of amidine groups is 1. The summed E-state index contributed by atoms with van der Waals surface area (Å²) in [5.74, 6) is -0.0214. The number of ether oxygens (including phenoxy) is 1. The molecule has 0 aromatic heterocycles. The Morgan fingerprint density at radius 2 is 1.77 bits per heavy atom. The molecule has 2 fully saturated rings. The van der Waals surface area contributed by atoms with Gasteiger partial charge in [0.15, 0.2) is 5.17 Å². The average Bonchev–Trinajstić information content (AvgIpc) is 3.08. The summed E-state index contributed by atoms with van der Waals surface area (Å²) in [5, 5.41) is 0.694. The fourth-order valence-corrected chi connectivity index (χ4v) is 4.69. The van der Waals surface area contributed by atoms with Crippen molar-refractivity contribution in [2.45, 2.75) is 19.3 Å². The van der Waals surface area contributed by atoms with Crippen LogP contribution >= 0.6 is 11.8 Å². The van der Waals surface area contributed by atoms with Crippen molar-refractivity contribution in [1.29, 1.82) is 0 Å². The molecule has 5 nitrogen and oxygen atoms in total. The van der Waals surface area contributed by atoms with Crippen LogP contribution in [0.4, 0.5) is 11.4 Å². The molecule has 0 radical (unpaired) electrons. The number of para-hydroxylation sites is 1. The lowest BCUT2D eigenvalue weighted by molar-refractivity contribution is -0.122. The molecule has 6 heteroatoms. The number of benzene rings is 2. The highest BCUT2D eigenvalue weighted by molar-refractivity contribution is 8.18. The minimum Gasteiger partial charge on any atom is -0.383 e. The Bertz CT molecular complexity index is 919. The van der Waals surface area contributed by atoms with Gasteiger partial charge >= 0.3 is 0 Å². The number of thioether (sulfide) groups is 1. The number of piperidine rings is 1. The zero-order valence-corrected chi connectivity index (χ0v) is 18.1. The van der Waals surface area contributed by atoms with Crippen LogP contribution in [0, 0.1) is 0 Å². The smallest absolute Gasteiger partial charge is 0.266 e. The van der Waals surface area contributed by atoms with Crippen LogP contribution in [0.3, 0.4) is 0 Å². The van der Waals surface area contributed by atoms with Crippen LogP contribution in [0.1, 0.15) is 24.8 Å². The largest absolute Gasteiger partial charge is 0.383 e. The number of methoxy groups -OCH3 is 1. The second-order valence-corrected chi connectivity index (χ2v) is 8.44. The van der Waals surface area contributed by atoms with Gasteiger partial charge in [-0.2, -0.15) is 0 Å². The second kappa shape index (κ2) is 9.96. The van der Waals surface area contributed by atoms with Crippen LogP contribution in [0.15, 0.2) is 64.5 Å². The zero-order valence-electron chi connectivity index (χ0n) is 17.3. The first-order chi connectivity index (χ1) is 14.7. The van der Waals surface area contributed by atoms with E-state index in [0.717, 1.165) is 24.3 Å². The van der Waals surface area contributed by atoms with Gasteiger partial charge in [0.05, 0.1) is 23.7 Å². The first kappa shape index (κ1) is 20.7. The molecule has 156 valence electrons. The van der Waals surface area contributed by atoms with Crippen molar-refractivity contribution < 1.29 is 9.53 Å². The van der Waals surface area contributed by atoms with E-state index in [1.54, 1.807) is 12.0 Å². The van der Waals surface area contributed by atoms with Crippen LogP contribution in [0.5, 0.6) is 0 Å². The molecular weight excluding hydrogens is 394 g/mol. The molecule has 2 aromatic rings. The number of hydrogen-bond acceptors (Lipinski definition) is 5. The van der Waals surface area contributed by atoms with Gasteiger partial charge in [0, 0.05) is 25.9 Å². The second-order valence-electron chi connectivity index (χ2n) is 7.43. The standard InChI is InChI=1S/C24H27N3O2S/c1-29-17-16-27-23(28)22(30-24(27)25-20-8-4-2-5-9-20)18-19-10-12-21(13-11-19)26-14-6-3-7-15-26/h2,4-5,8-13,18H,3,6-7,14-17H2,1H3/b22-18-,25-24?. The van der Waals surface area contributed by atoms with Crippen molar-refractivity contribution in [2.24, 2.45) is 4.99 Å². The molecule has 1 amide bonds. The van der Waals surface area contributed by atoms with Crippen molar-refractivity contribution in [2.75, 3.05) is 38.3 Å². The van der Waals surface area contributed by atoms with Crippen molar-refractivity contribution in [3.8, 4) is 0 Å². The Balaban J connectivity index is 1.54. The Kier molecular flexibility index (Phi) is 6.87. The van der Waals surface area contributed by atoms with E-state index in [9.17, 15) is 4.79 Å². The third-order valence-corrected chi connectivity index (χ3v) is 6.31. The van der Waals surface area contributed by atoms with Crippen LogP contribution in [-0.2, 0) is 9.53 Å². The monoisotopic (exact) mass is 421 g/mol. The van der Waals surface area contributed by atoms with E-state index in [2.05, 4.69) is 29.2 Å². The molecule has 2 aliphatic heterocycles. The van der Waals surface area contributed by atoms with Gasteiger partial charge in [0.1, 0.15) is 0 Å². The van der Waals surface area contributed by atoms with Crippen molar-refractivity contribution >= 4 is 40.3 Å². The maximum atomic E-state index is 13.0. The highest BCUT2D eigenvalue weighted by Crippen LogP contribution is 2.34. The van der Waals surface area contributed by atoms with Gasteiger partial charge in [-0.3, -0.25) is 9.69 Å².